The third kappa shape index (κ3) is 5.00. The standard InChI is InChI=1S/C13H14F6N2O2/c1-3-9(12(22)23-5-4-8(14)11(15)16)21-7(2)6-10(20-21)13(17,18)19/h6,9H,3-5H2,1-2H3. The van der Waals surface area contributed by atoms with Crippen LogP contribution in [0.3, 0.4) is 0 Å². The summed E-state index contributed by atoms with van der Waals surface area (Å²) < 4.78 is 79.6. The summed E-state index contributed by atoms with van der Waals surface area (Å²) in [5, 5.41) is 3.33. The Morgan fingerprint density at radius 3 is 2.39 bits per heavy atom. The van der Waals surface area contributed by atoms with Crippen LogP contribution in [0.1, 0.15) is 37.2 Å². The Labute approximate surface area is 127 Å². The second-order valence-corrected chi connectivity index (χ2v) is 4.62. The Morgan fingerprint density at radius 2 is 1.96 bits per heavy atom. The van der Waals surface area contributed by atoms with Crippen LogP contribution in [0, 0.1) is 6.92 Å². The lowest BCUT2D eigenvalue weighted by Crippen LogP contribution is -2.24. The fraction of sp³-hybridized carbons (Fsp3) is 0.538. The summed E-state index contributed by atoms with van der Waals surface area (Å²) in [5.74, 6) is -2.68. The SMILES string of the molecule is CCC(C(=O)OCCC(F)=C(F)F)n1nc(C(F)(F)F)cc1C. The molecule has 0 aliphatic rings. The molecule has 1 heterocycles. The van der Waals surface area contributed by atoms with Gasteiger partial charge in [-0.25, -0.2) is 9.18 Å². The van der Waals surface area contributed by atoms with Gasteiger partial charge in [-0.15, -0.1) is 0 Å². The van der Waals surface area contributed by atoms with Crippen LogP contribution < -0.4 is 0 Å². The minimum atomic E-state index is -4.66. The number of halogens is 6. The van der Waals surface area contributed by atoms with E-state index in [9.17, 15) is 31.1 Å². The number of carbonyl (C=O) groups is 1. The highest BCUT2D eigenvalue weighted by atomic mass is 19.4. The first kappa shape index (κ1) is 19.0. The molecule has 1 rings (SSSR count). The van der Waals surface area contributed by atoms with E-state index in [-0.39, 0.29) is 12.1 Å². The molecule has 0 aliphatic heterocycles. The predicted molar refractivity (Wildman–Crippen MR) is 67.2 cm³/mol. The number of rotatable bonds is 6. The van der Waals surface area contributed by atoms with Crippen LogP contribution in [-0.2, 0) is 15.7 Å². The lowest BCUT2D eigenvalue weighted by Gasteiger charge is -2.16. The number of aryl methyl sites for hydroxylation is 1. The number of alkyl halides is 3. The molecule has 1 aromatic heterocycles. The van der Waals surface area contributed by atoms with Gasteiger partial charge in [0.1, 0.15) is 6.04 Å². The van der Waals surface area contributed by atoms with Crippen molar-refractivity contribution >= 4 is 5.97 Å². The second kappa shape index (κ2) is 7.51. The highest BCUT2D eigenvalue weighted by Crippen LogP contribution is 2.30. The summed E-state index contributed by atoms with van der Waals surface area (Å²) in [4.78, 5) is 11.8. The fourth-order valence-electron chi connectivity index (χ4n) is 1.81. The average Bonchev–Trinajstić information content (AvgIpc) is 2.81. The number of hydrogen-bond acceptors (Lipinski definition) is 3. The largest absolute Gasteiger partial charge is 0.464 e. The van der Waals surface area contributed by atoms with Gasteiger partial charge < -0.3 is 4.74 Å². The number of hydrogen-bond donors (Lipinski definition) is 0. The minimum absolute atomic E-state index is 0.0639. The Balaban J connectivity index is 2.82. The van der Waals surface area contributed by atoms with Crippen LogP contribution in [0.5, 0.6) is 0 Å². The average molecular weight is 344 g/mol. The maximum Gasteiger partial charge on any atom is 0.435 e. The monoisotopic (exact) mass is 344 g/mol. The highest BCUT2D eigenvalue weighted by Gasteiger charge is 2.36. The Hall–Kier alpha value is -2.00. The van der Waals surface area contributed by atoms with Gasteiger partial charge in [0.05, 0.1) is 6.61 Å². The molecular formula is C13H14F6N2O2. The van der Waals surface area contributed by atoms with E-state index in [4.69, 9.17) is 0 Å². The Kier molecular flexibility index (Phi) is 6.22. The summed E-state index contributed by atoms with van der Waals surface area (Å²) in [5.41, 5.74) is -1.07. The summed E-state index contributed by atoms with van der Waals surface area (Å²) >= 11 is 0. The van der Waals surface area contributed by atoms with Gasteiger partial charge in [0, 0.05) is 12.1 Å². The van der Waals surface area contributed by atoms with Crippen LogP contribution in [0.4, 0.5) is 26.3 Å². The highest BCUT2D eigenvalue weighted by molar-refractivity contribution is 5.74. The van der Waals surface area contributed by atoms with Crippen LogP contribution in [-0.4, -0.2) is 22.4 Å². The molecule has 0 bridgehead atoms. The van der Waals surface area contributed by atoms with Crippen molar-refractivity contribution in [2.45, 2.75) is 38.9 Å². The van der Waals surface area contributed by atoms with E-state index in [0.717, 1.165) is 10.7 Å². The number of nitrogens with zero attached hydrogens (tertiary/aromatic N) is 2. The van der Waals surface area contributed by atoms with Crippen molar-refractivity contribution < 1.29 is 35.9 Å². The van der Waals surface area contributed by atoms with E-state index in [1.807, 2.05) is 0 Å². The van der Waals surface area contributed by atoms with E-state index in [0.29, 0.717) is 0 Å². The van der Waals surface area contributed by atoms with Crippen LogP contribution in [0.15, 0.2) is 18.0 Å². The van der Waals surface area contributed by atoms with Crippen molar-refractivity contribution in [1.82, 2.24) is 9.78 Å². The first-order valence-electron chi connectivity index (χ1n) is 6.57. The van der Waals surface area contributed by atoms with Gasteiger partial charge in [0.15, 0.2) is 11.5 Å². The van der Waals surface area contributed by atoms with E-state index >= 15 is 0 Å². The molecule has 0 spiro atoms. The normalized spacial score (nSPS) is 12.9. The minimum Gasteiger partial charge on any atom is -0.464 e. The van der Waals surface area contributed by atoms with Crippen LogP contribution >= 0.6 is 0 Å². The van der Waals surface area contributed by atoms with Crippen LogP contribution in [0.2, 0.25) is 0 Å². The lowest BCUT2D eigenvalue weighted by atomic mass is 10.2. The van der Waals surface area contributed by atoms with Crippen molar-refractivity contribution in [3.05, 3.63) is 29.4 Å². The molecule has 1 unspecified atom stereocenters. The summed E-state index contributed by atoms with van der Waals surface area (Å²) in [6.45, 7) is 2.20. The summed E-state index contributed by atoms with van der Waals surface area (Å²) in [7, 11) is 0. The zero-order chi connectivity index (χ0) is 17.8. The van der Waals surface area contributed by atoms with Crippen molar-refractivity contribution in [2.75, 3.05) is 6.61 Å². The number of carbonyl (C=O) groups excluding carboxylic acids is 1. The molecule has 0 aliphatic carbocycles. The van der Waals surface area contributed by atoms with E-state index in [1.165, 1.54) is 13.8 Å². The van der Waals surface area contributed by atoms with Gasteiger partial charge in [0.25, 0.3) is 0 Å². The topological polar surface area (TPSA) is 44.1 Å². The van der Waals surface area contributed by atoms with Gasteiger partial charge in [-0.2, -0.15) is 27.1 Å². The molecule has 0 saturated carbocycles. The number of esters is 1. The zero-order valence-electron chi connectivity index (χ0n) is 12.3. The van der Waals surface area contributed by atoms with Gasteiger partial charge in [-0.1, -0.05) is 6.92 Å². The van der Waals surface area contributed by atoms with Crippen molar-refractivity contribution in [3.63, 3.8) is 0 Å². The third-order valence-corrected chi connectivity index (χ3v) is 2.94. The molecule has 10 heteroatoms. The smallest absolute Gasteiger partial charge is 0.435 e. The molecule has 4 nitrogen and oxygen atoms in total. The van der Waals surface area contributed by atoms with E-state index < -0.39 is 48.8 Å². The predicted octanol–water partition coefficient (Wildman–Crippen LogP) is 4.17. The quantitative estimate of drug-likeness (QED) is 0.575. The van der Waals surface area contributed by atoms with Crippen molar-refractivity contribution in [3.8, 4) is 0 Å². The number of ether oxygens (including phenoxy) is 1. The fourth-order valence-corrected chi connectivity index (χ4v) is 1.81. The lowest BCUT2D eigenvalue weighted by molar-refractivity contribution is -0.149. The molecule has 0 fully saturated rings. The molecule has 1 atom stereocenters. The molecule has 0 N–H and O–H groups in total. The van der Waals surface area contributed by atoms with Gasteiger partial charge >= 0.3 is 18.2 Å². The molecular weight excluding hydrogens is 330 g/mol. The molecule has 0 amide bonds. The van der Waals surface area contributed by atoms with Gasteiger partial charge in [-0.3, -0.25) is 4.68 Å². The first-order valence-corrected chi connectivity index (χ1v) is 6.57. The summed E-state index contributed by atoms with van der Waals surface area (Å²) in [6, 6.07) is -0.384. The molecule has 23 heavy (non-hydrogen) atoms. The number of aromatic nitrogens is 2. The van der Waals surface area contributed by atoms with Gasteiger partial charge in [-0.05, 0) is 19.4 Å². The van der Waals surface area contributed by atoms with Crippen molar-refractivity contribution in [1.29, 1.82) is 0 Å². The second-order valence-electron chi connectivity index (χ2n) is 4.62. The van der Waals surface area contributed by atoms with E-state index in [1.54, 1.807) is 0 Å². The van der Waals surface area contributed by atoms with Crippen molar-refractivity contribution in [2.24, 2.45) is 0 Å². The maximum absolute atomic E-state index is 12.6. The molecule has 130 valence electrons. The first-order chi connectivity index (χ1) is 10.6. The van der Waals surface area contributed by atoms with E-state index in [2.05, 4.69) is 9.84 Å². The molecule has 1 aromatic rings. The maximum atomic E-state index is 12.6. The molecule has 0 aromatic carbocycles. The zero-order valence-corrected chi connectivity index (χ0v) is 12.3. The van der Waals surface area contributed by atoms with Gasteiger partial charge in [0.2, 0.25) is 0 Å². The van der Waals surface area contributed by atoms with Crippen LogP contribution in [0.25, 0.3) is 0 Å². The Bertz CT molecular complexity index is 590. The molecule has 0 radical (unpaired) electrons. The Morgan fingerprint density at radius 1 is 1.35 bits per heavy atom. The third-order valence-electron chi connectivity index (χ3n) is 2.94. The summed E-state index contributed by atoms with van der Waals surface area (Å²) in [6.07, 6.45) is -7.92. The molecule has 0 saturated heterocycles.